The predicted octanol–water partition coefficient (Wildman–Crippen LogP) is 4.33. The van der Waals surface area contributed by atoms with Crippen LogP contribution < -0.4 is 15.0 Å². The van der Waals surface area contributed by atoms with E-state index in [2.05, 4.69) is 32.9 Å². The lowest BCUT2D eigenvalue weighted by molar-refractivity contribution is -0.147. The van der Waals surface area contributed by atoms with E-state index in [1.54, 1.807) is 31.2 Å². The zero-order valence-electron chi connectivity index (χ0n) is 19.0. The number of carbonyl (C=O) groups excluding carboxylic acids is 1. The van der Waals surface area contributed by atoms with Gasteiger partial charge < -0.3 is 14.2 Å². The van der Waals surface area contributed by atoms with Gasteiger partial charge >= 0.3 is 5.97 Å². The Labute approximate surface area is 200 Å². The number of ether oxygens (including phenoxy) is 3. The highest BCUT2D eigenvalue weighted by atomic mass is 79.9. The Hall–Kier alpha value is -3.20. The molecule has 0 spiro atoms. The van der Waals surface area contributed by atoms with Crippen LogP contribution in [0.5, 0.6) is 11.5 Å². The first kappa shape index (κ1) is 24.4. The van der Waals surface area contributed by atoms with Gasteiger partial charge in [-0.25, -0.2) is 9.78 Å². The van der Waals surface area contributed by atoms with Crippen LogP contribution in [0.25, 0.3) is 10.9 Å². The molecule has 8 nitrogen and oxygen atoms in total. The van der Waals surface area contributed by atoms with E-state index in [1.165, 1.54) is 25.1 Å². The minimum atomic E-state index is -0.860. The standard InChI is InChI=1S/C24H26BrN3O5/c1-5-6-10-21-27-19-12-11-17(25)13-18(19)23(29)28(21)26-14-16-8-7-9-20(31-3)22(16)33-15(2)24(30)32-4/h7-9,11-15H,5-6,10H2,1-4H3/t15-/m1/s1. The van der Waals surface area contributed by atoms with E-state index in [-0.39, 0.29) is 5.56 Å². The summed E-state index contributed by atoms with van der Waals surface area (Å²) in [5.74, 6) is 0.794. The molecule has 0 saturated heterocycles. The molecule has 0 radical (unpaired) electrons. The quantitative estimate of drug-likeness (QED) is 0.311. The van der Waals surface area contributed by atoms with E-state index in [4.69, 9.17) is 14.2 Å². The molecule has 0 saturated carbocycles. The van der Waals surface area contributed by atoms with Crippen LogP contribution in [-0.4, -0.2) is 42.2 Å². The Balaban J connectivity index is 2.10. The molecule has 0 aliphatic heterocycles. The molecule has 0 aliphatic rings. The van der Waals surface area contributed by atoms with E-state index in [0.29, 0.717) is 40.2 Å². The van der Waals surface area contributed by atoms with Crippen LogP contribution in [0, 0.1) is 0 Å². The molecule has 0 fully saturated rings. The highest BCUT2D eigenvalue weighted by Crippen LogP contribution is 2.31. The second-order valence-electron chi connectivity index (χ2n) is 7.32. The van der Waals surface area contributed by atoms with Gasteiger partial charge in [0.2, 0.25) is 0 Å². The lowest BCUT2D eigenvalue weighted by Gasteiger charge is -2.17. The van der Waals surface area contributed by atoms with Crippen molar-refractivity contribution >= 4 is 39.0 Å². The summed E-state index contributed by atoms with van der Waals surface area (Å²) in [6.07, 6.45) is 3.08. The van der Waals surface area contributed by atoms with E-state index in [1.807, 2.05) is 12.1 Å². The molecule has 0 bridgehead atoms. The third-order valence-electron chi connectivity index (χ3n) is 5.00. The molecule has 0 N–H and O–H groups in total. The molecule has 3 rings (SSSR count). The molecule has 1 aromatic heterocycles. The molecular formula is C24H26BrN3O5. The number of para-hydroxylation sites is 1. The Morgan fingerprint density at radius 1 is 1.27 bits per heavy atom. The van der Waals surface area contributed by atoms with Crippen LogP contribution in [0.15, 0.2) is 50.8 Å². The molecule has 0 amide bonds. The number of aryl methyl sites for hydroxylation is 1. The van der Waals surface area contributed by atoms with Crippen molar-refractivity contribution in [3.63, 3.8) is 0 Å². The van der Waals surface area contributed by atoms with Gasteiger partial charge in [0.15, 0.2) is 17.6 Å². The van der Waals surface area contributed by atoms with Crippen LogP contribution in [0.4, 0.5) is 0 Å². The minimum Gasteiger partial charge on any atom is -0.493 e. The van der Waals surface area contributed by atoms with E-state index >= 15 is 0 Å². The maximum Gasteiger partial charge on any atom is 0.346 e. The molecule has 2 aromatic carbocycles. The Morgan fingerprint density at radius 3 is 2.76 bits per heavy atom. The van der Waals surface area contributed by atoms with Crippen molar-refractivity contribution in [3.8, 4) is 11.5 Å². The van der Waals surface area contributed by atoms with Crippen molar-refractivity contribution in [2.45, 2.75) is 39.2 Å². The third-order valence-corrected chi connectivity index (χ3v) is 5.49. The number of benzene rings is 2. The first-order chi connectivity index (χ1) is 15.9. The number of aromatic nitrogens is 2. The van der Waals surface area contributed by atoms with Crippen LogP contribution in [-0.2, 0) is 16.0 Å². The van der Waals surface area contributed by atoms with Gasteiger partial charge in [0.05, 0.1) is 31.3 Å². The minimum absolute atomic E-state index is 0.267. The summed E-state index contributed by atoms with van der Waals surface area (Å²) in [7, 11) is 2.80. The Bertz CT molecular complexity index is 1240. The molecule has 1 heterocycles. The van der Waals surface area contributed by atoms with Gasteiger partial charge in [-0.3, -0.25) is 4.79 Å². The molecule has 3 aromatic rings. The topological polar surface area (TPSA) is 92.0 Å². The summed E-state index contributed by atoms with van der Waals surface area (Å²) in [5.41, 5.74) is 0.891. The lowest BCUT2D eigenvalue weighted by Crippen LogP contribution is -2.25. The molecule has 0 unspecified atom stereocenters. The average Bonchev–Trinajstić information content (AvgIpc) is 2.82. The second kappa shape index (κ2) is 11.1. The maximum atomic E-state index is 13.3. The van der Waals surface area contributed by atoms with Gasteiger partial charge in [-0.1, -0.05) is 35.3 Å². The highest BCUT2D eigenvalue weighted by Gasteiger charge is 2.19. The third kappa shape index (κ3) is 5.60. The van der Waals surface area contributed by atoms with Crippen LogP contribution >= 0.6 is 15.9 Å². The second-order valence-corrected chi connectivity index (χ2v) is 8.23. The summed E-state index contributed by atoms with van der Waals surface area (Å²) >= 11 is 3.41. The number of halogens is 1. The van der Waals surface area contributed by atoms with Crippen molar-refractivity contribution in [3.05, 3.63) is 62.6 Å². The zero-order chi connectivity index (χ0) is 24.0. The van der Waals surface area contributed by atoms with Gasteiger partial charge in [0, 0.05) is 16.5 Å². The van der Waals surface area contributed by atoms with E-state index in [9.17, 15) is 9.59 Å². The van der Waals surface area contributed by atoms with Crippen LogP contribution in [0.2, 0.25) is 0 Å². The molecule has 1 atom stereocenters. The maximum absolute atomic E-state index is 13.3. The van der Waals surface area contributed by atoms with Gasteiger partial charge in [0.25, 0.3) is 5.56 Å². The number of hydrogen-bond acceptors (Lipinski definition) is 7. The monoisotopic (exact) mass is 515 g/mol. The number of nitrogens with zero attached hydrogens (tertiary/aromatic N) is 3. The van der Waals surface area contributed by atoms with Gasteiger partial charge in [-0.2, -0.15) is 9.78 Å². The van der Waals surface area contributed by atoms with Crippen molar-refractivity contribution in [1.82, 2.24) is 9.66 Å². The SMILES string of the molecule is CCCCc1nc2ccc(Br)cc2c(=O)n1N=Cc1cccc(OC)c1O[C@H](C)C(=O)OC. The summed E-state index contributed by atoms with van der Waals surface area (Å²) in [6.45, 7) is 3.66. The van der Waals surface area contributed by atoms with Crippen LogP contribution in [0.3, 0.4) is 0 Å². The first-order valence-electron chi connectivity index (χ1n) is 10.6. The van der Waals surface area contributed by atoms with E-state index < -0.39 is 12.1 Å². The first-order valence-corrected chi connectivity index (χ1v) is 11.4. The Kier molecular flexibility index (Phi) is 8.21. The summed E-state index contributed by atoms with van der Waals surface area (Å²) in [5, 5.41) is 4.93. The van der Waals surface area contributed by atoms with E-state index in [0.717, 1.165) is 17.3 Å². The predicted molar refractivity (Wildman–Crippen MR) is 130 cm³/mol. The van der Waals surface area contributed by atoms with Crippen molar-refractivity contribution in [1.29, 1.82) is 0 Å². The lowest BCUT2D eigenvalue weighted by atomic mass is 10.2. The molecule has 0 aliphatic carbocycles. The number of methoxy groups -OCH3 is 2. The summed E-state index contributed by atoms with van der Waals surface area (Å²) < 4.78 is 18.1. The number of carbonyl (C=O) groups is 1. The number of esters is 1. The number of unbranched alkanes of at least 4 members (excludes halogenated alkanes) is 1. The fraction of sp³-hybridized carbons (Fsp3) is 0.333. The molecular weight excluding hydrogens is 490 g/mol. The van der Waals surface area contributed by atoms with Gasteiger partial charge in [0.1, 0.15) is 5.82 Å². The normalized spacial score (nSPS) is 12.2. The fourth-order valence-corrected chi connectivity index (χ4v) is 3.60. The molecule has 174 valence electrons. The number of fused-ring (bicyclic) bond motifs is 1. The van der Waals surface area contributed by atoms with Crippen molar-refractivity contribution < 1.29 is 19.0 Å². The van der Waals surface area contributed by atoms with Gasteiger partial charge in [-0.15, -0.1) is 0 Å². The zero-order valence-corrected chi connectivity index (χ0v) is 20.6. The highest BCUT2D eigenvalue weighted by molar-refractivity contribution is 9.10. The largest absolute Gasteiger partial charge is 0.493 e. The average molecular weight is 516 g/mol. The van der Waals surface area contributed by atoms with Crippen molar-refractivity contribution in [2.24, 2.45) is 5.10 Å². The van der Waals surface area contributed by atoms with Crippen LogP contribution in [0.1, 0.15) is 38.1 Å². The van der Waals surface area contributed by atoms with Gasteiger partial charge in [-0.05, 0) is 43.7 Å². The van der Waals surface area contributed by atoms with Crippen molar-refractivity contribution in [2.75, 3.05) is 14.2 Å². The molecule has 33 heavy (non-hydrogen) atoms. The number of rotatable bonds is 9. The smallest absolute Gasteiger partial charge is 0.346 e. The summed E-state index contributed by atoms with van der Waals surface area (Å²) in [4.78, 5) is 29.8. The Morgan fingerprint density at radius 2 is 2.06 bits per heavy atom. The molecule has 9 heteroatoms. The number of hydrogen-bond donors (Lipinski definition) is 0. The summed E-state index contributed by atoms with van der Waals surface area (Å²) in [6, 6.07) is 10.6. The fourth-order valence-electron chi connectivity index (χ4n) is 3.24.